The summed E-state index contributed by atoms with van der Waals surface area (Å²) in [5.74, 6) is -0.252. The summed E-state index contributed by atoms with van der Waals surface area (Å²) in [7, 11) is 0. The molecular formula is C17H25NO4. The highest BCUT2D eigenvalue weighted by Crippen LogP contribution is 2.38. The minimum Gasteiger partial charge on any atom is -0.481 e. The van der Waals surface area contributed by atoms with E-state index in [1.165, 1.54) is 6.26 Å². The van der Waals surface area contributed by atoms with Crippen LogP contribution in [0.25, 0.3) is 0 Å². The van der Waals surface area contributed by atoms with Crippen molar-refractivity contribution in [3.63, 3.8) is 0 Å². The van der Waals surface area contributed by atoms with Crippen LogP contribution in [0.3, 0.4) is 0 Å². The summed E-state index contributed by atoms with van der Waals surface area (Å²) in [5.41, 5.74) is 1.40. The van der Waals surface area contributed by atoms with Crippen molar-refractivity contribution in [2.24, 2.45) is 11.3 Å². The molecule has 1 aliphatic rings. The minimum absolute atomic E-state index is 0.103. The number of carboxylic acids is 1. The van der Waals surface area contributed by atoms with Gasteiger partial charge in [-0.3, -0.25) is 9.59 Å². The molecule has 1 aliphatic heterocycles. The van der Waals surface area contributed by atoms with Crippen LogP contribution in [-0.4, -0.2) is 35.0 Å². The molecule has 0 aromatic carbocycles. The fourth-order valence-corrected chi connectivity index (χ4v) is 3.01. The maximum Gasteiger partial charge on any atom is 0.311 e. The van der Waals surface area contributed by atoms with E-state index in [4.69, 9.17) is 9.52 Å². The van der Waals surface area contributed by atoms with Crippen LogP contribution in [-0.2, 0) is 11.2 Å². The van der Waals surface area contributed by atoms with Crippen LogP contribution in [0.15, 0.2) is 10.7 Å². The minimum atomic E-state index is -0.991. The number of nitrogens with zero attached hydrogens (tertiary/aromatic N) is 1. The van der Waals surface area contributed by atoms with Crippen LogP contribution in [0.5, 0.6) is 0 Å². The van der Waals surface area contributed by atoms with Crippen LogP contribution in [0.2, 0.25) is 0 Å². The zero-order chi connectivity index (χ0) is 16.5. The summed E-state index contributed by atoms with van der Waals surface area (Å²) >= 11 is 0. The highest BCUT2D eigenvalue weighted by Gasteiger charge is 2.35. The second-order valence-electron chi connectivity index (χ2n) is 6.89. The van der Waals surface area contributed by atoms with E-state index in [0.717, 1.165) is 12.8 Å². The smallest absolute Gasteiger partial charge is 0.311 e. The molecule has 1 aromatic heterocycles. The number of hydrogen-bond acceptors (Lipinski definition) is 3. The van der Waals surface area contributed by atoms with Crippen LogP contribution in [0.4, 0.5) is 0 Å². The van der Waals surface area contributed by atoms with E-state index < -0.39 is 5.97 Å². The van der Waals surface area contributed by atoms with Crippen molar-refractivity contribution in [3.05, 3.63) is 23.2 Å². The molecule has 22 heavy (non-hydrogen) atoms. The van der Waals surface area contributed by atoms with E-state index >= 15 is 0 Å². The molecule has 0 saturated carbocycles. The highest BCUT2D eigenvalue weighted by molar-refractivity contribution is 5.97. The van der Waals surface area contributed by atoms with E-state index in [2.05, 4.69) is 20.8 Å². The second kappa shape index (κ2) is 6.15. The summed E-state index contributed by atoms with van der Waals surface area (Å²) in [4.78, 5) is 25.5. The molecule has 0 radical (unpaired) electrons. The fraction of sp³-hybridized carbons (Fsp3) is 0.647. The second-order valence-corrected chi connectivity index (χ2v) is 6.89. The average Bonchev–Trinajstić information content (AvgIpc) is 2.79. The van der Waals surface area contributed by atoms with Crippen molar-refractivity contribution in [1.29, 1.82) is 0 Å². The lowest BCUT2D eigenvalue weighted by molar-refractivity contribution is -0.136. The number of carbonyl (C=O) groups excluding carboxylic acids is 1. The average molecular weight is 307 g/mol. The number of likely N-dealkylation sites (tertiary alicyclic amines) is 1. The number of piperidine rings is 1. The van der Waals surface area contributed by atoms with Gasteiger partial charge in [0.25, 0.3) is 5.91 Å². The van der Waals surface area contributed by atoms with Gasteiger partial charge in [0.1, 0.15) is 12.2 Å². The first-order valence-electron chi connectivity index (χ1n) is 7.82. The molecule has 0 spiro atoms. The number of furan rings is 1. The zero-order valence-corrected chi connectivity index (χ0v) is 13.8. The van der Waals surface area contributed by atoms with E-state index in [9.17, 15) is 9.59 Å². The Kier molecular flexibility index (Phi) is 4.63. The van der Waals surface area contributed by atoms with Gasteiger partial charge in [-0.15, -0.1) is 0 Å². The Bertz CT molecular complexity index is 565. The van der Waals surface area contributed by atoms with Gasteiger partial charge in [0.2, 0.25) is 0 Å². The molecule has 0 atom stereocenters. The van der Waals surface area contributed by atoms with Crippen molar-refractivity contribution in [2.45, 2.75) is 47.0 Å². The first-order valence-corrected chi connectivity index (χ1v) is 7.82. The SMILES string of the molecule is Cc1coc(CC(=O)O)c1C(=O)N1CCC(C)(C(C)C)CC1. The zero-order valence-electron chi connectivity index (χ0n) is 13.8. The van der Waals surface area contributed by atoms with Crippen LogP contribution in [0, 0.1) is 18.3 Å². The van der Waals surface area contributed by atoms with Gasteiger partial charge in [0.15, 0.2) is 0 Å². The number of hydrogen-bond donors (Lipinski definition) is 1. The molecule has 0 aliphatic carbocycles. The molecule has 1 amide bonds. The Hall–Kier alpha value is -1.78. The molecule has 1 saturated heterocycles. The first kappa shape index (κ1) is 16.6. The van der Waals surface area contributed by atoms with E-state index in [0.29, 0.717) is 30.1 Å². The Labute approximate surface area is 131 Å². The summed E-state index contributed by atoms with van der Waals surface area (Å²) in [6.07, 6.45) is 3.16. The summed E-state index contributed by atoms with van der Waals surface area (Å²) in [6, 6.07) is 0. The molecule has 122 valence electrons. The van der Waals surface area contributed by atoms with Gasteiger partial charge >= 0.3 is 5.97 Å². The number of rotatable bonds is 4. The molecule has 2 heterocycles. The third kappa shape index (κ3) is 3.18. The van der Waals surface area contributed by atoms with Crippen LogP contribution >= 0.6 is 0 Å². The predicted molar refractivity (Wildman–Crippen MR) is 82.9 cm³/mol. The van der Waals surface area contributed by atoms with Crippen molar-refractivity contribution >= 4 is 11.9 Å². The van der Waals surface area contributed by atoms with Gasteiger partial charge in [-0.05, 0) is 31.1 Å². The normalized spacial score (nSPS) is 17.8. The quantitative estimate of drug-likeness (QED) is 0.927. The van der Waals surface area contributed by atoms with Gasteiger partial charge in [0.05, 0.1) is 11.8 Å². The standard InChI is InChI=1S/C17H25NO4/c1-11(2)17(4)5-7-18(8-6-17)16(21)15-12(3)10-22-13(15)9-14(19)20/h10-11H,5-9H2,1-4H3,(H,19,20). The van der Waals surface area contributed by atoms with Crippen molar-refractivity contribution in [3.8, 4) is 0 Å². The molecule has 1 N–H and O–H groups in total. The number of aliphatic carboxylic acids is 1. The molecule has 1 fully saturated rings. The highest BCUT2D eigenvalue weighted by atomic mass is 16.4. The molecule has 1 aromatic rings. The third-order valence-electron chi connectivity index (χ3n) is 5.16. The molecular weight excluding hydrogens is 282 g/mol. The van der Waals surface area contributed by atoms with Gasteiger partial charge in [-0.1, -0.05) is 20.8 Å². The lowest BCUT2D eigenvalue weighted by Crippen LogP contribution is -2.44. The van der Waals surface area contributed by atoms with Crippen LogP contribution < -0.4 is 0 Å². The summed E-state index contributed by atoms with van der Waals surface area (Å²) in [5, 5.41) is 8.94. The van der Waals surface area contributed by atoms with E-state index in [1.807, 2.05) is 4.90 Å². The predicted octanol–water partition coefficient (Wildman–Crippen LogP) is 3.11. The van der Waals surface area contributed by atoms with E-state index in [-0.39, 0.29) is 23.5 Å². The Balaban J connectivity index is 2.14. The Morgan fingerprint density at radius 2 is 1.95 bits per heavy atom. The number of aryl methyl sites for hydroxylation is 1. The number of amides is 1. The van der Waals surface area contributed by atoms with Crippen molar-refractivity contribution in [2.75, 3.05) is 13.1 Å². The maximum absolute atomic E-state index is 12.7. The first-order chi connectivity index (χ1) is 10.2. The Morgan fingerprint density at radius 3 is 2.45 bits per heavy atom. The van der Waals surface area contributed by atoms with Crippen LogP contribution in [0.1, 0.15) is 55.3 Å². The fourth-order valence-electron chi connectivity index (χ4n) is 3.01. The monoisotopic (exact) mass is 307 g/mol. The van der Waals surface area contributed by atoms with Gasteiger partial charge in [-0.25, -0.2) is 0 Å². The number of carbonyl (C=O) groups is 2. The largest absolute Gasteiger partial charge is 0.481 e. The molecule has 2 rings (SSSR count). The number of carboxylic acid groups (broad SMARTS) is 1. The van der Waals surface area contributed by atoms with Gasteiger partial charge in [0, 0.05) is 18.7 Å². The lowest BCUT2D eigenvalue weighted by atomic mass is 9.72. The summed E-state index contributed by atoms with van der Waals surface area (Å²) in [6.45, 7) is 9.93. The lowest BCUT2D eigenvalue weighted by Gasteiger charge is -2.42. The maximum atomic E-state index is 12.7. The van der Waals surface area contributed by atoms with Crippen molar-refractivity contribution < 1.29 is 19.1 Å². The molecule has 5 nitrogen and oxygen atoms in total. The van der Waals surface area contributed by atoms with Gasteiger partial charge < -0.3 is 14.4 Å². The van der Waals surface area contributed by atoms with E-state index in [1.54, 1.807) is 6.92 Å². The third-order valence-corrected chi connectivity index (χ3v) is 5.16. The molecule has 0 unspecified atom stereocenters. The molecule has 0 bridgehead atoms. The topological polar surface area (TPSA) is 70.7 Å². The van der Waals surface area contributed by atoms with Gasteiger partial charge in [-0.2, -0.15) is 0 Å². The Morgan fingerprint density at radius 1 is 1.36 bits per heavy atom. The van der Waals surface area contributed by atoms with Crippen molar-refractivity contribution in [1.82, 2.24) is 4.90 Å². The summed E-state index contributed by atoms with van der Waals surface area (Å²) < 4.78 is 5.27. The molecule has 5 heteroatoms.